The molecule has 2 aromatic rings. The van der Waals surface area contributed by atoms with Crippen molar-refractivity contribution in [3.8, 4) is 0 Å². The van der Waals surface area contributed by atoms with E-state index in [2.05, 4.69) is 10.4 Å². The van der Waals surface area contributed by atoms with Crippen LogP contribution in [-0.2, 0) is 13.0 Å². The van der Waals surface area contributed by atoms with Crippen LogP contribution < -0.4 is 5.32 Å². The average molecular weight is 279 g/mol. The fraction of sp³-hybridized carbons (Fsp3) is 0.400. The van der Waals surface area contributed by atoms with Crippen LogP contribution in [0.15, 0.2) is 30.6 Å². The molecule has 0 aliphatic heterocycles. The third-order valence-corrected chi connectivity index (χ3v) is 3.24. The van der Waals surface area contributed by atoms with Crippen molar-refractivity contribution in [2.24, 2.45) is 0 Å². The molecular weight excluding hydrogens is 260 g/mol. The zero-order chi connectivity index (χ0) is 14.5. The lowest BCUT2D eigenvalue weighted by atomic mass is 10.00. The molecule has 20 heavy (non-hydrogen) atoms. The van der Waals surface area contributed by atoms with Gasteiger partial charge in [0, 0.05) is 30.4 Å². The molecule has 1 heterocycles. The van der Waals surface area contributed by atoms with E-state index in [4.69, 9.17) is 0 Å². The molecule has 0 spiro atoms. The first-order valence-corrected chi connectivity index (χ1v) is 6.83. The lowest BCUT2D eigenvalue weighted by Crippen LogP contribution is -2.24. The SMILES string of the molecule is CCNC(Cc1cnn(CC)c1)c1ccc(F)cc1F. The summed E-state index contributed by atoms with van der Waals surface area (Å²) in [5.41, 5.74) is 1.51. The van der Waals surface area contributed by atoms with Crippen LogP contribution in [0.2, 0.25) is 0 Å². The monoisotopic (exact) mass is 279 g/mol. The summed E-state index contributed by atoms with van der Waals surface area (Å²) >= 11 is 0. The summed E-state index contributed by atoms with van der Waals surface area (Å²) in [4.78, 5) is 0. The highest BCUT2D eigenvalue weighted by atomic mass is 19.1. The van der Waals surface area contributed by atoms with Crippen molar-refractivity contribution < 1.29 is 8.78 Å². The first-order valence-electron chi connectivity index (χ1n) is 6.83. The molecule has 1 aromatic heterocycles. The quantitative estimate of drug-likeness (QED) is 0.880. The molecule has 1 N–H and O–H groups in total. The number of aryl methyl sites for hydroxylation is 1. The van der Waals surface area contributed by atoms with Gasteiger partial charge in [-0.15, -0.1) is 0 Å². The fourth-order valence-electron chi connectivity index (χ4n) is 2.24. The molecule has 0 amide bonds. The summed E-state index contributed by atoms with van der Waals surface area (Å²) in [5.74, 6) is -1.07. The Kier molecular flexibility index (Phi) is 4.84. The lowest BCUT2D eigenvalue weighted by molar-refractivity contribution is 0.502. The molecule has 0 saturated heterocycles. The van der Waals surface area contributed by atoms with Crippen LogP contribution in [-0.4, -0.2) is 16.3 Å². The Morgan fingerprint density at radius 2 is 2.10 bits per heavy atom. The molecule has 1 aromatic carbocycles. The molecule has 0 saturated carbocycles. The second-order valence-electron chi connectivity index (χ2n) is 4.68. The molecular formula is C15H19F2N3. The van der Waals surface area contributed by atoms with Gasteiger partial charge in [0.25, 0.3) is 0 Å². The molecule has 0 fully saturated rings. The molecule has 1 atom stereocenters. The number of nitrogens with one attached hydrogen (secondary N) is 1. The highest BCUT2D eigenvalue weighted by Crippen LogP contribution is 2.22. The molecule has 3 nitrogen and oxygen atoms in total. The molecule has 0 bridgehead atoms. The van der Waals surface area contributed by atoms with Gasteiger partial charge in [-0.05, 0) is 31.5 Å². The van der Waals surface area contributed by atoms with Crippen molar-refractivity contribution in [2.45, 2.75) is 32.9 Å². The summed E-state index contributed by atoms with van der Waals surface area (Å²) in [5, 5.41) is 7.45. The van der Waals surface area contributed by atoms with Crippen LogP contribution in [0.3, 0.4) is 0 Å². The molecule has 0 radical (unpaired) electrons. The average Bonchev–Trinajstić information content (AvgIpc) is 2.86. The van der Waals surface area contributed by atoms with Crippen molar-refractivity contribution in [3.05, 3.63) is 53.4 Å². The van der Waals surface area contributed by atoms with E-state index < -0.39 is 11.6 Å². The highest BCUT2D eigenvalue weighted by molar-refractivity contribution is 5.24. The number of likely N-dealkylation sites (N-methyl/N-ethyl adjacent to an activating group) is 1. The van der Waals surface area contributed by atoms with E-state index in [1.54, 1.807) is 6.20 Å². The van der Waals surface area contributed by atoms with Crippen molar-refractivity contribution in [1.82, 2.24) is 15.1 Å². The highest BCUT2D eigenvalue weighted by Gasteiger charge is 2.16. The van der Waals surface area contributed by atoms with Gasteiger partial charge in [0.1, 0.15) is 11.6 Å². The fourth-order valence-corrected chi connectivity index (χ4v) is 2.24. The van der Waals surface area contributed by atoms with E-state index in [0.29, 0.717) is 18.5 Å². The maximum absolute atomic E-state index is 13.9. The van der Waals surface area contributed by atoms with Gasteiger partial charge in [0.05, 0.1) is 6.20 Å². The molecule has 2 rings (SSSR count). The summed E-state index contributed by atoms with van der Waals surface area (Å²) in [6.45, 7) is 5.49. The minimum Gasteiger partial charge on any atom is -0.310 e. The predicted octanol–water partition coefficient (Wildman–Crippen LogP) is 3.07. The molecule has 5 heteroatoms. The Morgan fingerprint density at radius 3 is 2.70 bits per heavy atom. The summed E-state index contributed by atoms with van der Waals surface area (Å²) in [6, 6.07) is 3.53. The van der Waals surface area contributed by atoms with E-state index in [1.807, 2.05) is 24.7 Å². The third-order valence-electron chi connectivity index (χ3n) is 3.24. The van der Waals surface area contributed by atoms with E-state index >= 15 is 0 Å². The molecule has 1 unspecified atom stereocenters. The van der Waals surface area contributed by atoms with Gasteiger partial charge in [-0.2, -0.15) is 5.10 Å². The predicted molar refractivity (Wildman–Crippen MR) is 74.4 cm³/mol. The van der Waals surface area contributed by atoms with Gasteiger partial charge in [0.2, 0.25) is 0 Å². The summed E-state index contributed by atoms with van der Waals surface area (Å²) in [7, 11) is 0. The Labute approximate surface area is 117 Å². The molecule has 108 valence electrons. The number of nitrogens with zero attached hydrogens (tertiary/aromatic N) is 2. The van der Waals surface area contributed by atoms with Gasteiger partial charge >= 0.3 is 0 Å². The zero-order valence-electron chi connectivity index (χ0n) is 11.7. The largest absolute Gasteiger partial charge is 0.310 e. The number of halogens is 2. The van der Waals surface area contributed by atoms with E-state index in [-0.39, 0.29) is 6.04 Å². The van der Waals surface area contributed by atoms with Crippen LogP contribution in [0.5, 0.6) is 0 Å². The molecule has 0 aliphatic rings. The van der Waals surface area contributed by atoms with E-state index in [9.17, 15) is 8.78 Å². The number of benzene rings is 1. The number of aromatic nitrogens is 2. The standard InChI is InChI=1S/C15H19F2N3/c1-3-18-15(7-11-9-19-20(4-2)10-11)13-6-5-12(16)8-14(13)17/h5-6,8-10,15,18H,3-4,7H2,1-2H3. The smallest absolute Gasteiger partial charge is 0.130 e. The number of hydrogen-bond acceptors (Lipinski definition) is 2. The third kappa shape index (κ3) is 3.42. The minimum atomic E-state index is -0.555. The van der Waals surface area contributed by atoms with E-state index in [1.165, 1.54) is 12.1 Å². The lowest BCUT2D eigenvalue weighted by Gasteiger charge is -2.18. The van der Waals surface area contributed by atoms with Crippen LogP contribution in [0.25, 0.3) is 0 Å². The Balaban J connectivity index is 2.21. The summed E-state index contributed by atoms with van der Waals surface area (Å²) in [6.07, 6.45) is 4.36. The van der Waals surface area contributed by atoms with Crippen LogP contribution in [0.1, 0.15) is 31.0 Å². The van der Waals surface area contributed by atoms with Gasteiger partial charge in [-0.25, -0.2) is 8.78 Å². The number of hydrogen-bond donors (Lipinski definition) is 1. The van der Waals surface area contributed by atoms with Crippen molar-refractivity contribution >= 4 is 0 Å². The Bertz CT molecular complexity index is 566. The van der Waals surface area contributed by atoms with Gasteiger partial charge in [-0.3, -0.25) is 4.68 Å². The first-order chi connectivity index (χ1) is 9.63. The van der Waals surface area contributed by atoms with Crippen molar-refractivity contribution in [2.75, 3.05) is 6.54 Å². The van der Waals surface area contributed by atoms with Crippen LogP contribution in [0, 0.1) is 11.6 Å². The second-order valence-corrected chi connectivity index (χ2v) is 4.68. The topological polar surface area (TPSA) is 29.9 Å². The van der Waals surface area contributed by atoms with Gasteiger partial charge < -0.3 is 5.32 Å². The maximum atomic E-state index is 13.9. The Hall–Kier alpha value is -1.75. The second kappa shape index (κ2) is 6.61. The van der Waals surface area contributed by atoms with E-state index in [0.717, 1.165) is 18.2 Å². The van der Waals surface area contributed by atoms with Crippen molar-refractivity contribution in [3.63, 3.8) is 0 Å². The van der Waals surface area contributed by atoms with Gasteiger partial charge in [-0.1, -0.05) is 13.0 Å². The first kappa shape index (κ1) is 14.7. The minimum absolute atomic E-state index is 0.185. The maximum Gasteiger partial charge on any atom is 0.130 e. The summed E-state index contributed by atoms with van der Waals surface area (Å²) < 4.78 is 28.7. The van der Waals surface area contributed by atoms with Gasteiger partial charge in [0.15, 0.2) is 0 Å². The Morgan fingerprint density at radius 1 is 1.30 bits per heavy atom. The van der Waals surface area contributed by atoms with Crippen LogP contribution >= 0.6 is 0 Å². The number of rotatable bonds is 6. The zero-order valence-corrected chi connectivity index (χ0v) is 11.7. The van der Waals surface area contributed by atoms with Crippen LogP contribution in [0.4, 0.5) is 8.78 Å². The van der Waals surface area contributed by atoms with Crippen molar-refractivity contribution in [1.29, 1.82) is 0 Å². The molecule has 0 aliphatic carbocycles. The normalized spacial score (nSPS) is 12.6.